The summed E-state index contributed by atoms with van der Waals surface area (Å²) in [4.78, 5) is 0. The molecule has 0 aliphatic heterocycles. The molecule has 2 rings (SSSR count). The molecule has 106 valence electrons. The molecule has 0 aromatic heterocycles. The molecule has 0 spiro atoms. The minimum atomic E-state index is 0.338. The van der Waals surface area contributed by atoms with E-state index >= 15 is 0 Å². The van der Waals surface area contributed by atoms with Crippen LogP contribution < -0.4 is 5.32 Å². The molecule has 1 atom stereocenters. The lowest BCUT2D eigenvalue weighted by Crippen LogP contribution is -2.24. The Labute approximate surface area is 139 Å². The van der Waals surface area contributed by atoms with E-state index in [1.807, 2.05) is 12.1 Å². The van der Waals surface area contributed by atoms with E-state index in [1.165, 1.54) is 14.7 Å². The predicted octanol–water partition coefficient (Wildman–Crippen LogP) is 5.23. The summed E-state index contributed by atoms with van der Waals surface area (Å²) < 4.78 is 1.27. The average molecular weight is 400 g/mol. The maximum absolute atomic E-state index is 6.08. The first-order chi connectivity index (χ1) is 9.69. The zero-order valence-corrected chi connectivity index (χ0v) is 14.5. The summed E-state index contributed by atoms with van der Waals surface area (Å²) in [5.74, 6) is 0. The van der Waals surface area contributed by atoms with Gasteiger partial charge in [-0.25, -0.2) is 0 Å². The maximum Gasteiger partial charge on any atom is 0.0408 e. The van der Waals surface area contributed by atoms with Crippen LogP contribution in [0.3, 0.4) is 0 Å². The Morgan fingerprint density at radius 2 is 1.90 bits per heavy atom. The summed E-state index contributed by atoms with van der Waals surface area (Å²) in [6, 6.07) is 17.2. The summed E-state index contributed by atoms with van der Waals surface area (Å²) in [5.41, 5.74) is 2.60. The van der Waals surface area contributed by atoms with E-state index < -0.39 is 0 Å². The highest BCUT2D eigenvalue weighted by Crippen LogP contribution is 2.21. The molecule has 0 aliphatic rings. The fourth-order valence-electron chi connectivity index (χ4n) is 2.22. The minimum Gasteiger partial charge on any atom is -0.310 e. The van der Waals surface area contributed by atoms with E-state index in [1.54, 1.807) is 0 Å². The molecule has 3 heteroatoms. The molecular weight excluding hydrogens is 381 g/mol. The van der Waals surface area contributed by atoms with Crippen molar-refractivity contribution in [2.45, 2.75) is 25.8 Å². The van der Waals surface area contributed by atoms with Gasteiger partial charge in [0.25, 0.3) is 0 Å². The number of hydrogen-bond acceptors (Lipinski definition) is 1. The Kier molecular flexibility index (Phi) is 6.33. The average Bonchev–Trinajstić information content (AvgIpc) is 2.44. The molecule has 2 aromatic rings. The van der Waals surface area contributed by atoms with Crippen LogP contribution in [0.5, 0.6) is 0 Å². The van der Waals surface area contributed by atoms with Crippen molar-refractivity contribution < 1.29 is 0 Å². The normalized spacial score (nSPS) is 12.3. The van der Waals surface area contributed by atoms with Gasteiger partial charge in [-0.05, 0) is 77.4 Å². The molecule has 0 bridgehead atoms. The minimum absolute atomic E-state index is 0.338. The Morgan fingerprint density at radius 1 is 1.15 bits per heavy atom. The van der Waals surface area contributed by atoms with Gasteiger partial charge in [-0.15, -0.1) is 0 Å². The molecule has 1 N–H and O–H groups in total. The molecule has 0 saturated carbocycles. The van der Waals surface area contributed by atoms with Crippen LogP contribution in [-0.4, -0.2) is 6.54 Å². The van der Waals surface area contributed by atoms with Crippen molar-refractivity contribution in [1.29, 1.82) is 0 Å². The Bertz CT molecular complexity index is 539. The molecule has 20 heavy (non-hydrogen) atoms. The van der Waals surface area contributed by atoms with Gasteiger partial charge in [-0.3, -0.25) is 0 Å². The van der Waals surface area contributed by atoms with Gasteiger partial charge in [0.15, 0.2) is 0 Å². The van der Waals surface area contributed by atoms with Crippen LogP contribution in [-0.2, 0) is 6.42 Å². The summed E-state index contributed by atoms with van der Waals surface area (Å²) in [6.45, 7) is 3.22. The maximum atomic E-state index is 6.08. The summed E-state index contributed by atoms with van der Waals surface area (Å²) in [6.07, 6.45) is 2.09. The van der Waals surface area contributed by atoms with Crippen molar-refractivity contribution in [3.05, 3.63) is 68.3 Å². The van der Waals surface area contributed by atoms with Gasteiger partial charge in [0, 0.05) is 14.6 Å². The number of nitrogens with one attached hydrogen (secondary N) is 1. The van der Waals surface area contributed by atoms with Crippen molar-refractivity contribution in [2.75, 3.05) is 6.54 Å². The lowest BCUT2D eigenvalue weighted by Gasteiger charge is -2.19. The largest absolute Gasteiger partial charge is 0.310 e. The first kappa shape index (κ1) is 15.8. The third-order valence-electron chi connectivity index (χ3n) is 3.24. The molecule has 0 aliphatic carbocycles. The first-order valence-corrected chi connectivity index (χ1v) is 8.38. The lowest BCUT2D eigenvalue weighted by atomic mass is 9.99. The van der Waals surface area contributed by atoms with Gasteiger partial charge >= 0.3 is 0 Å². The second kappa shape index (κ2) is 8.01. The molecule has 0 heterocycles. The summed E-state index contributed by atoms with van der Waals surface area (Å²) in [5, 5.41) is 4.43. The van der Waals surface area contributed by atoms with E-state index in [-0.39, 0.29) is 0 Å². The molecular formula is C17H19ClIN. The van der Waals surface area contributed by atoms with Crippen molar-refractivity contribution >= 4 is 34.2 Å². The monoisotopic (exact) mass is 399 g/mol. The standard InChI is InChI=1S/C17H19ClIN/c1-2-10-20-17(14-6-8-16(19)9-7-14)12-13-4-3-5-15(18)11-13/h3-9,11,17,20H,2,10,12H2,1H3. The highest BCUT2D eigenvalue weighted by atomic mass is 127. The second-order valence-electron chi connectivity index (χ2n) is 4.89. The zero-order valence-electron chi connectivity index (χ0n) is 11.6. The Hall–Kier alpha value is -0.580. The highest BCUT2D eigenvalue weighted by Gasteiger charge is 2.11. The first-order valence-electron chi connectivity index (χ1n) is 6.92. The van der Waals surface area contributed by atoms with Gasteiger partial charge in [0.2, 0.25) is 0 Å². The fraction of sp³-hybridized carbons (Fsp3) is 0.294. The van der Waals surface area contributed by atoms with Gasteiger partial charge < -0.3 is 5.32 Å². The number of halogens is 2. The topological polar surface area (TPSA) is 12.0 Å². The fourth-order valence-corrected chi connectivity index (χ4v) is 2.79. The molecule has 1 unspecified atom stereocenters. The van der Waals surface area contributed by atoms with Gasteiger partial charge in [0.1, 0.15) is 0 Å². The van der Waals surface area contributed by atoms with Crippen molar-refractivity contribution in [3.63, 3.8) is 0 Å². The summed E-state index contributed by atoms with van der Waals surface area (Å²) in [7, 11) is 0. The highest BCUT2D eigenvalue weighted by molar-refractivity contribution is 14.1. The number of rotatable bonds is 6. The van der Waals surface area contributed by atoms with E-state index in [0.29, 0.717) is 6.04 Å². The van der Waals surface area contributed by atoms with E-state index in [9.17, 15) is 0 Å². The Balaban J connectivity index is 2.16. The van der Waals surface area contributed by atoms with Crippen LogP contribution in [0.1, 0.15) is 30.5 Å². The molecule has 0 fully saturated rings. The van der Waals surface area contributed by atoms with Gasteiger partial charge in [-0.2, -0.15) is 0 Å². The number of hydrogen-bond donors (Lipinski definition) is 1. The van der Waals surface area contributed by atoms with E-state index in [4.69, 9.17) is 11.6 Å². The van der Waals surface area contributed by atoms with Gasteiger partial charge in [0.05, 0.1) is 0 Å². The van der Waals surface area contributed by atoms with Crippen LogP contribution in [0.15, 0.2) is 48.5 Å². The van der Waals surface area contributed by atoms with Crippen molar-refractivity contribution in [3.8, 4) is 0 Å². The quantitative estimate of drug-likeness (QED) is 0.656. The van der Waals surface area contributed by atoms with E-state index in [0.717, 1.165) is 24.4 Å². The zero-order chi connectivity index (χ0) is 14.4. The van der Waals surface area contributed by atoms with Crippen LogP contribution in [0.25, 0.3) is 0 Å². The molecule has 2 aromatic carbocycles. The smallest absolute Gasteiger partial charge is 0.0408 e. The van der Waals surface area contributed by atoms with Crippen LogP contribution in [0.2, 0.25) is 5.02 Å². The third kappa shape index (κ3) is 4.76. The second-order valence-corrected chi connectivity index (χ2v) is 6.57. The molecule has 0 radical (unpaired) electrons. The Morgan fingerprint density at radius 3 is 2.55 bits per heavy atom. The third-order valence-corrected chi connectivity index (χ3v) is 4.20. The molecule has 0 amide bonds. The van der Waals surface area contributed by atoms with Gasteiger partial charge in [-0.1, -0.05) is 42.8 Å². The molecule has 1 nitrogen and oxygen atoms in total. The van der Waals surface area contributed by atoms with Crippen LogP contribution in [0, 0.1) is 3.57 Å². The lowest BCUT2D eigenvalue weighted by molar-refractivity contribution is 0.529. The molecule has 0 saturated heterocycles. The van der Waals surface area contributed by atoms with Crippen LogP contribution >= 0.6 is 34.2 Å². The predicted molar refractivity (Wildman–Crippen MR) is 95.3 cm³/mol. The summed E-state index contributed by atoms with van der Waals surface area (Å²) >= 11 is 8.42. The van der Waals surface area contributed by atoms with Crippen molar-refractivity contribution in [1.82, 2.24) is 5.32 Å². The SMILES string of the molecule is CCCNC(Cc1cccc(Cl)c1)c1ccc(I)cc1. The van der Waals surface area contributed by atoms with Crippen LogP contribution in [0.4, 0.5) is 0 Å². The van der Waals surface area contributed by atoms with Crippen molar-refractivity contribution in [2.24, 2.45) is 0 Å². The van der Waals surface area contributed by atoms with E-state index in [2.05, 4.69) is 71.2 Å². The number of benzene rings is 2.